The molecule has 0 fully saturated rings. The second-order valence-electron chi connectivity index (χ2n) is 3.85. The molecule has 0 bridgehead atoms. The van der Waals surface area contributed by atoms with Crippen LogP contribution in [0.1, 0.15) is 5.69 Å². The van der Waals surface area contributed by atoms with Crippen LogP contribution in [0.5, 0.6) is 0 Å². The molecular formula is C13H13Cl2N3. The van der Waals surface area contributed by atoms with Crippen molar-refractivity contribution in [2.75, 3.05) is 17.6 Å². The number of benzene rings is 1. The average molecular weight is 282 g/mol. The van der Waals surface area contributed by atoms with Crippen LogP contribution in [0.15, 0.2) is 36.5 Å². The number of hydrogen-bond acceptors (Lipinski definition) is 3. The summed E-state index contributed by atoms with van der Waals surface area (Å²) in [4.78, 5) is 4.25. The lowest BCUT2D eigenvalue weighted by Crippen LogP contribution is -2.07. The first-order chi connectivity index (χ1) is 8.66. The molecule has 0 atom stereocenters. The first kappa shape index (κ1) is 13.0. The van der Waals surface area contributed by atoms with Crippen LogP contribution in [0.2, 0.25) is 10.0 Å². The van der Waals surface area contributed by atoms with Gasteiger partial charge in [-0.25, -0.2) is 0 Å². The molecule has 94 valence electrons. The average Bonchev–Trinajstić information content (AvgIpc) is 2.37. The third-order valence-electron chi connectivity index (χ3n) is 2.52. The summed E-state index contributed by atoms with van der Waals surface area (Å²) in [5.41, 5.74) is 8.26. The Kier molecular flexibility index (Phi) is 4.28. The molecular weight excluding hydrogens is 269 g/mol. The van der Waals surface area contributed by atoms with Gasteiger partial charge >= 0.3 is 0 Å². The normalized spacial score (nSPS) is 10.3. The molecule has 5 heteroatoms. The minimum atomic E-state index is 0.462. The maximum Gasteiger partial charge on any atom is 0.0614 e. The van der Waals surface area contributed by atoms with Gasteiger partial charge in [0.1, 0.15) is 0 Å². The molecule has 1 aromatic heterocycles. The Morgan fingerprint density at radius 2 is 1.94 bits per heavy atom. The van der Waals surface area contributed by atoms with Gasteiger partial charge in [-0.15, -0.1) is 0 Å². The van der Waals surface area contributed by atoms with Gasteiger partial charge in [-0.05, 0) is 24.3 Å². The van der Waals surface area contributed by atoms with Gasteiger partial charge in [0.2, 0.25) is 0 Å². The van der Waals surface area contributed by atoms with Crippen LogP contribution >= 0.6 is 23.2 Å². The number of aromatic nitrogens is 1. The molecule has 0 saturated heterocycles. The van der Waals surface area contributed by atoms with E-state index in [9.17, 15) is 0 Å². The van der Waals surface area contributed by atoms with E-state index in [1.165, 1.54) is 0 Å². The van der Waals surface area contributed by atoms with Gasteiger partial charge in [0.15, 0.2) is 0 Å². The predicted molar refractivity (Wildman–Crippen MR) is 77.3 cm³/mol. The van der Waals surface area contributed by atoms with E-state index in [4.69, 9.17) is 28.9 Å². The Labute approximate surface area is 116 Å². The van der Waals surface area contributed by atoms with Gasteiger partial charge in [0.05, 0.1) is 21.4 Å². The Bertz CT molecular complexity index is 529. The highest BCUT2D eigenvalue weighted by Crippen LogP contribution is 2.30. The van der Waals surface area contributed by atoms with Crippen molar-refractivity contribution in [2.24, 2.45) is 0 Å². The number of hydrogen-bond donors (Lipinski definition) is 2. The number of nitrogen functional groups attached to an aromatic ring is 1. The van der Waals surface area contributed by atoms with Gasteiger partial charge in [-0.1, -0.05) is 29.3 Å². The molecule has 0 aliphatic carbocycles. The van der Waals surface area contributed by atoms with Crippen LogP contribution in [0, 0.1) is 0 Å². The lowest BCUT2D eigenvalue weighted by atomic mass is 10.2. The lowest BCUT2D eigenvalue weighted by Gasteiger charge is -2.10. The van der Waals surface area contributed by atoms with E-state index in [-0.39, 0.29) is 0 Å². The third-order valence-corrected chi connectivity index (χ3v) is 3.24. The monoisotopic (exact) mass is 281 g/mol. The van der Waals surface area contributed by atoms with E-state index in [0.717, 1.165) is 24.3 Å². The standard InChI is InChI=1S/C13H13Cl2N3/c14-10-7-12(16)13(8-11(10)15)18-6-4-9-3-1-2-5-17-9/h1-3,5,7-8,18H,4,6,16H2. The van der Waals surface area contributed by atoms with E-state index in [0.29, 0.717) is 15.7 Å². The summed E-state index contributed by atoms with van der Waals surface area (Å²) in [6.07, 6.45) is 2.60. The zero-order valence-corrected chi connectivity index (χ0v) is 11.2. The highest BCUT2D eigenvalue weighted by atomic mass is 35.5. The fourth-order valence-electron chi connectivity index (χ4n) is 1.59. The van der Waals surface area contributed by atoms with Crippen molar-refractivity contribution in [3.63, 3.8) is 0 Å². The SMILES string of the molecule is Nc1cc(Cl)c(Cl)cc1NCCc1ccccn1. The summed E-state index contributed by atoms with van der Waals surface area (Å²) in [7, 11) is 0. The summed E-state index contributed by atoms with van der Waals surface area (Å²) < 4.78 is 0. The first-order valence-corrected chi connectivity index (χ1v) is 6.30. The van der Waals surface area contributed by atoms with Crippen molar-refractivity contribution in [3.05, 3.63) is 52.3 Å². The van der Waals surface area contributed by atoms with Crippen molar-refractivity contribution in [3.8, 4) is 0 Å². The van der Waals surface area contributed by atoms with Crippen LogP contribution in [0.4, 0.5) is 11.4 Å². The fourth-order valence-corrected chi connectivity index (χ4v) is 1.92. The molecule has 0 spiro atoms. The molecule has 3 N–H and O–H groups in total. The van der Waals surface area contributed by atoms with E-state index < -0.39 is 0 Å². The fraction of sp³-hybridized carbons (Fsp3) is 0.154. The molecule has 2 rings (SSSR count). The van der Waals surface area contributed by atoms with Crippen LogP contribution in [-0.2, 0) is 6.42 Å². The number of nitrogens with zero attached hydrogens (tertiary/aromatic N) is 1. The molecule has 18 heavy (non-hydrogen) atoms. The number of anilines is 2. The topological polar surface area (TPSA) is 50.9 Å². The van der Waals surface area contributed by atoms with E-state index >= 15 is 0 Å². The number of nitrogens with two attached hydrogens (primary N) is 1. The van der Waals surface area contributed by atoms with Crippen LogP contribution in [0.3, 0.4) is 0 Å². The van der Waals surface area contributed by atoms with Crippen LogP contribution in [-0.4, -0.2) is 11.5 Å². The van der Waals surface area contributed by atoms with Crippen molar-refractivity contribution in [2.45, 2.75) is 6.42 Å². The Morgan fingerprint density at radius 1 is 1.17 bits per heavy atom. The summed E-state index contributed by atoms with van der Waals surface area (Å²) >= 11 is 11.8. The molecule has 0 radical (unpaired) electrons. The second-order valence-corrected chi connectivity index (χ2v) is 4.67. The highest BCUT2D eigenvalue weighted by Gasteiger charge is 2.04. The summed E-state index contributed by atoms with van der Waals surface area (Å²) in [6.45, 7) is 0.735. The number of rotatable bonds is 4. The Morgan fingerprint density at radius 3 is 2.67 bits per heavy atom. The summed E-state index contributed by atoms with van der Waals surface area (Å²) in [5, 5.41) is 4.18. The van der Waals surface area contributed by atoms with E-state index in [2.05, 4.69) is 10.3 Å². The zero-order chi connectivity index (χ0) is 13.0. The van der Waals surface area contributed by atoms with E-state index in [1.54, 1.807) is 18.3 Å². The number of halogens is 2. The molecule has 1 heterocycles. The maximum absolute atomic E-state index is 5.94. The van der Waals surface area contributed by atoms with Crippen LogP contribution < -0.4 is 11.1 Å². The quantitative estimate of drug-likeness (QED) is 0.842. The molecule has 1 aromatic carbocycles. The Hall–Kier alpha value is -1.45. The molecule has 2 aromatic rings. The zero-order valence-electron chi connectivity index (χ0n) is 9.66. The minimum absolute atomic E-state index is 0.462. The maximum atomic E-state index is 5.94. The van der Waals surface area contributed by atoms with Crippen molar-refractivity contribution in [1.29, 1.82) is 0 Å². The van der Waals surface area contributed by atoms with Gasteiger partial charge in [0, 0.05) is 24.9 Å². The second kappa shape index (κ2) is 5.94. The Balaban J connectivity index is 1.97. The number of nitrogens with one attached hydrogen (secondary N) is 1. The molecule has 0 unspecified atom stereocenters. The molecule has 0 saturated carbocycles. The number of pyridine rings is 1. The molecule has 0 amide bonds. The van der Waals surface area contributed by atoms with E-state index in [1.807, 2.05) is 18.2 Å². The largest absolute Gasteiger partial charge is 0.397 e. The summed E-state index contributed by atoms with van der Waals surface area (Å²) in [5.74, 6) is 0. The van der Waals surface area contributed by atoms with Gasteiger partial charge in [-0.2, -0.15) is 0 Å². The molecule has 0 aliphatic rings. The minimum Gasteiger partial charge on any atom is -0.397 e. The third kappa shape index (κ3) is 3.28. The summed E-state index contributed by atoms with van der Waals surface area (Å²) in [6, 6.07) is 9.23. The lowest BCUT2D eigenvalue weighted by molar-refractivity contribution is 0.962. The first-order valence-electron chi connectivity index (χ1n) is 5.55. The van der Waals surface area contributed by atoms with Crippen molar-refractivity contribution < 1.29 is 0 Å². The highest BCUT2D eigenvalue weighted by molar-refractivity contribution is 6.42. The van der Waals surface area contributed by atoms with Crippen molar-refractivity contribution >= 4 is 34.6 Å². The van der Waals surface area contributed by atoms with Gasteiger partial charge in [-0.3, -0.25) is 4.98 Å². The molecule has 0 aliphatic heterocycles. The predicted octanol–water partition coefficient (Wildman–Crippen LogP) is 3.63. The smallest absolute Gasteiger partial charge is 0.0614 e. The van der Waals surface area contributed by atoms with Crippen molar-refractivity contribution in [1.82, 2.24) is 4.98 Å². The van der Waals surface area contributed by atoms with Gasteiger partial charge in [0.25, 0.3) is 0 Å². The molecule has 3 nitrogen and oxygen atoms in total. The van der Waals surface area contributed by atoms with Crippen LogP contribution in [0.25, 0.3) is 0 Å². The van der Waals surface area contributed by atoms with Gasteiger partial charge < -0.3 is 11.1 Å².